The molecule has 0 spiro atoms. The molecule has 1 aliphatic heterocycles. The van der Waals surface area contributed by atoms with Gasteiger partial charge in [0.2, 0.25) is 0 Å². The quantitative estimate of drug-likeness (QED) is 0.361. The van der Waals surface area contributed by atoms with Gasteiger partial charge in [-0.3, -0.25) is 0 Å². The minimum Gasteiger partial charge on any atom is -1.00 e. The van der Waals surface area contributed by atoms with Crippen molar-refractivity contribution in [2.75, 3.05) is 0 Å². The topological polar surface area (TPSA) is 43.4 Å². The minimum absolute atomic E-state index is 0. The summed E-state index contributed by atoms with van der Waals surface area (Å²) < 4.78 is 4.34. The Kier molecular flexibility index (Phi) is 4.68. The van der Waals surface area contributed by atoms with Crippen molar-refractivity contribution < 1.29 is 45.3 Å². The van der Waals surface area contributed by atoms with Gasteiger partial charge in [-0.15, -0.1) is 0 Å². The van der Waals surface area contributed by atoms with E-state index in [1.165, 1.54) is 6.08 Å². The van der Waals surface area contributed by atoms with Crippen molar-refractivity contribution in [3.8, 4) is 0 Å². The molecule has 0 saturated heterocycles. The fourth-order valence-corrected chi connectivity index (χ4v) is 1.23. The number of carbonyl (C=O) groups is 2. The second kappa shape index (κ2) is 5.80. The molecule has 0 bridgehead atoms. The Labute approximate surface area is 117 Å². The van der Waals surface area contributed by atoms with E-state index in [0.29, 0.717) is 0 Å². The van der Waals surface area contributed by atoms with Crippen LogP contribution in [-0.4, -0.2) is 11.9 Å². The predicted octanol–water partition coefficient (Wildman–Crippen LogP) is -1.17. The Morgan fingerprint density at radius 2 is 1.75 bits per heavy atom. The Morgan fingerprint density at radius 1 is 1.06 bits per heavy atom. The molecule has 16 heavy (non-hydrogen) atoms. The Balaban J connectivity index is 0.00000128. The molecule has 0 N–H and O–H groups in total. The van der Waals surface area contributed by atoms with Crippen LogP contribution >= 0.6 is 0 Å². The van der Waals surface area contributed by atoms with Crippen LogP contribution in [0.15, 0.2) is 48.1 Å². The zero-order chi connectivity index (χ0) is 10.7. The van der Waals surface area contributed by atoms with E-state index in [2.05, 4.69) is 4.74 Å². The maximum Gasteiger partial charge on any atom is 1.00 e. The number of cyclic esters (lactones) is 2. The van der Waals surface area contributed by atoms with E-state index < -0.39 is 11.9 Å². The largest absolute Gasteiger partial charge is 1.00 e. The van der Waals surface area contributed by atoms with Crippen LogP contribution in [0.25, 0.3) is 6.08 Å². The number of rotatable bonds is 2. The maximum absolute atomic E-state index is 11.0. The van der Waals surface area contributed by atoms with E-state index in [9.17, 15) is 9.59 Å². The molecule has 4 heteroatoms. The van der Waals surface area contributed by atoms with E-state index in [4.69, 9.17) is 0 Å². The first-order valence-electron chi connectivity index (χ1n) is 4.47. The summed E-state index contributed by atoms with van der Waals surface area (Å²) >= 11 is 0. The molecule has 0 unspecified atom stereocenters. The van der Waals surface area contributed by atoms with Gasteiger partial charge in [0.05, 0.1) is 5.57 Å². The van der Waals surface area contributed by atoms with E-state index in [-0.39, 0.29) is 36.6 Å². The first-order chi connectivity index (χ1) is 7.25. The zero-order valence-corrected chi connectivity index (χ0v) is 10.8. The molecule has 0 amide bonds. The average Bonchev–Trinajstić information content (AvgIpc) is 2.56. The summed E-state index contributed by atoms with van der Waals surface area (Å²) in [5.41, 5.74) is 1.24. The first-order valence-corrected chi connectivity index (χ1v) is 4.47. The summed E-state index contributed by atoms with van der Waals surface area (Å²) in [6, 6.07) is 9.50. The van der Waals surface area contributed by atoms with Gasteiger partial charge >= 0.3 is 41.5 Å². The Bertz CT molecular complexity index is 466. The number of hydrogen-bond acceptors (Lipinski definition) is 3. The third kappa shape index (κ3) is 3.17. The smallest absolute Gasteiger partial charge is 1.00 e. The van der Waals surface area contributed by atoms with Crippen molar-refractivity contribution in [1.29, 1.82) is 0 Å². The van der Waals surface area contributed by atoms with Crippen LogP contribution < -0.4 is 29.6 Å². The van der Waals surface area contributed by atoms with Crippen molar-refractivity contribution in [2.45, 2.75) is 0 Å². The summed E-state index contributed by atoms with van der Waals surface area (Å²) in [6.45, 7) is 0. The molecule has 0 radical (unpaired) electrons. The summed E-state index contributed by atoms with van der Waals surface area (Å²) in [6.07, 6.45) is 4.51. The molecule has 0 saturated carbocycles. The van der Waals surface area contributed by atoms with Crippen LogP contribution in [0.3, 0.4) is 0 Å². The van der Waals surface area contributed by atoms with Crippen molar-refractivity contribution in [1.82, 2.24) is 0 Å². The Morgan fingerprint density at radius 3 is 2.31 bits per heavy atom. The molecule has 2 rings (SSSR count). The molecule has 0 aromatic heterocycles. The SMILES string of the molecule is O=C1C=C(C=Cc2ccccc2)C(=O)O1.[H-].[Na+]. The van der Waals surface area contributed by atoms with Gasteiger partial charge in [-0.25, -0.2) is 9.59 Å². The molecular weight excluding hydrogens is 215 g/mol. The van der Waals surface area contributed by atoms with Crippen molar-refractivity contribution in [2.24, 2.45) is 0 Å². The third-order valence-corrected chi connectivity index (χ3v) is 1.96. The average molecular weight is 224 g/mol. The van der Waals surface area contributed by atoms with E-state index >= 15 is 0 Å². The van der Waals surface area contributed by atoms with Crippen LogP contribution in [0.2, 0.25) is 0 Å². The van der Waals surface area contributed by atoms with Crippen LogP contribution in [0, 0.1) is 0 Å². The van der Waals surface area contributed by atoms with Crippen molar-refractivity contribution in [3.63, 3.8) is 0 Å². The van der Waals surface area contributed by atoms with Gasteiger partial charge in [0, 0.05) is 6.08 Å². The van der Waals surface area contributed by atoms with Crippen molar-refractivity contribution >= 4 is 18.0 Å². The van der Waals surface area contributed by atoms with E-state index in [1.807, 2.05) is 30.3 Å². The Hall–Kier alpha value is -1.16. The zero-order valence-electron chi connectivity index (χ0n) is 9.84. The summed E-state index contributed by atoms with van der Waals surface area (Å²) in [5.74, 6) is -1.19. The number of carbonyl (C=O) groups excluding carboxylic acids is 2. The normalized spacial score (nSPS) is 14.6. The van der Waals surface area contributed by atoms with Crippen molar-refractivity contribution in [3.05, 3.63) is 53.6 Å². The molecule has 0 aliphatic carbocycles. The third-order valence-electron chi connectivity index (χ3n) is 1.96. The second-order valence-corrected chi connectivity index (χ2v) is 3.05. The van der Waals surface area contributed by atoms with E-state index in [1.54, 1.807) is 12.2 Å². The summed E-state index contributed by atoms with van der Waals surface area (Å²) in [7, 11) is 0. The van der Waals surface area contributed by atoms with E-state index in [0.717, 1.165) is 5.56 Å². The molecule has 1 aliphatic rings. The summed E-state index contributed by atoms with van der Waals surface area (Å²) in [4.78, 5) is 21.8. The number of hydrogen-bond donors (Lipinski definition) is 0. The molecule has 3 nitrogen and oxygen atoms in total. The molecule has 1 aromatic carbocycles. The van der Waals surface area contributed by atoms with Gasteiger partial charge in [0.15, 0.2) is 0 Å². The molecular formula is C12H9NaO3. The van der Waals surface area contributed by atoms with Crippen LogP contribution in [0.4, 0.5) is 0 Å². The number of benzene rings is 1. The molecule has 0 fully saturated rings. The molecule has 0 atom stereocenters. The second-order valence-electron chi connectivity index (χ2n) is 3.05. The fourth-order valence-electron chi connectivity index (χ4n) is 1.23. The van der Waals surface area contributed by atoms with Gasteiger partial charge in [-0.05, 0) is 11.6 Å². The van der Waals surface area contributed by atoms with Crippen LogP contribution in [0.1, 0.15) is 6.99 Å². The number of esters is 2. The minimum atomic E-state index is -0.604. The van der Waals surface area contributed by atoms with Gasteiger partial charge in [-0.1, -0.05) is 36.4 Å². The van der Waals surface area contributed by atoms with Gasteiger partial charge in [0.25, 0.3) is 0 Å². The van der Waals surface area contributed by atoms with Gasteiger partial charge < -0.3 is 6.16 Å². The van der Waals surface area contributed by atoms with Crippen LogP contribution in [0.5, 0.6) is 0 Å². The van der Waals surface area contributed by atoms with Crippen LogP contribution in [-0.2, 0) is 14.3 Å². The molecule has 76 valence electrons. The fraction of sp³-hybridized carbons (Fsp3) is 0. The predicted molar refractivity (Wildman–Crippen MR) is 55.8 cm³/mol. The first kappa shape index (κ1) is 12.9. The summed E-state index contributed by atoms with van der Waals surface area (Å²) in [5, 5.41) is 0. The monoisotopic (exact) mass is 224 g/mol. The van der Waals surface area contributed by atoms with Gasteiger partial charge in [0.1, 0.15) is 0 Å². The molecule has 1 heterocycles. The van der Waals surface area contributed by atoms with Gasteiger partial charge in [-0.2, -0.15) is 0 Å². The number of ether oxygens (including phenoxy) is 1. The standard InChI is InChI=1S/C12H8O3.Na.H/c13-11-8-10(12(14)15-11)7-6-9-4-2-1-3-5-9;;/h1-8H;;/q;+1;-1. The maximum atomic E-state index is 11.0. The molecule has 1 aromatic rings.